The van der Waals surface area contributed by atoms with E-state index in [9.17, 15) is 0 Å². The van der Waals surface area contributed by atoms with Gasteiger partial charge in [-0.05, 0) is 12.8 Å². The molecule has 1 fully saturated rings. The molecule has 3 atom stereocenters. The second-order valence-corrected chi connectivity index (χ2v) is 2.40. The molecule has 3 nitrogen and oxygen atoms in total. The topological polar surface area (TPSA) is 60.7 Å². The molecule has 0 aliphatic heterocycles. The lowest BCUT2D eigenvalue weighted by atomic mass is 10.1. The van der Waals surface area contributed by atoms with Gasteiger partial charge in [0.15, 0.2) is 0 Å². The van der Waals surface area contributed by atoms with Crippen LogP contribution < -0.4 is 0 Å². The summed E-state index contributed by atoms with van der Waals surface area (Å²) in [6.07, 6.45) is 0.738. The molecule has 1 radical (unpaired) electrons. The number of hydrogen-bond acceptors (Lipinski definition) is 3. The van der Waals surface area contributed by atoms with E-state index in [4.69, 9.17) is 15.3 Å². The van der Waals surface area contributed by atoms with Gasteiger partial charge in [0.1, 0.15) is 0 Å². The van der Waals surface area contributed by atoms with Crippen LogP contribution in [0.1, 0.15) is 6.42 Å². The molecule has 3 N–H and O–H groups in total. The quantitative estimate of drug-likeness (QED) is 0.424. The van der Waals surface area contributed by atoms with Crippen LogP contribution in [0.25, 0.3) is 0 Å². The van der Waals surface area contributed by atoms with Crippen molar-refractivity contribution in [3.05, 3.63) is 6.42 Å². The zero-order valence-electron chi connectivity index (χ0n) is 5.07. The van der Waals surface area contributed by atoms with Gasteiger partial charge in [-0.15, -0.1) is 0 Å². The molecule has 0 spiro atoms. The molecule has 1 aliphatic rings. The normalized spacial score (nSPS) is 43.7. The molecule has 0 aromatic carbocycles. The van der Waals surface area contributed by atoms with E-state index in [1.165, 1.54) is 0 Å². The van der Waals surface area contributed by atoms with Gasteiger partial charge in [0.2, 0.25) is 0 Å². The predicted molar refractivity (Wildman–Crippen MR) is 31.5 cm³/mol. The van der Waals surface area contributed by atoms with Gasteiger partial charge in [-0.3, -0.25) is 0 Å². The molecule has 0 aromatic heterocycles. The second kappa shape index (κ2) is 2.64. The minimum absolute atomic E-state index is 0.0469. The van der Waals surface area contributed by atoms with Crippen LogP contribution >= 0.6 is 0 Å². The van der Waals surface area contributed by atoms with Gasteiger partial charge in [0.05, 0.1) is 12.2 Å². The molecule has 0 saturated heterocycles. The summed E-state index contributed by atoms with van der Waals surface area (Å²) in [6.45, 7) is -0.0469. The van der Waals surface area contributed by atoms with Gasteiger partial charge in [-0.2, -0.15) is 0 Å². The van der Waals surface area contributed by atoms with Crippen molar-refractivity contribution in [3.8, 4) is 0 Å². The molecule has 3 unspecified atom stereocenters. The Morgan fingerprint density at radius 1 is 1.44 bits per heavy atom. The van der Waals surface area contributed by atoms with Gasteiger partial charge in [-0.25, -0.2) is 0 Å². The summed E-state index contributed by atoms with van der Waals surface area (Å²) in [6, 6.07) is 0. The highest BCUT2D eigenvalue weighted by Crippen LogP contribution is 2.24. The Balaban J connectivity index is 2.41. The lowest BCUT2D eigenvalue weighted by molar-refractivity contribution is 0.0143. The third-order valence-electron chi connectivity index (χ3n) is 1.75. The molecule has 9 heavy (non-hydrogen) atoms. The van der Waals surface area contributed by atoms with E-state index >= 15 is 0 Å². The average Bonchev–Trinajstić information content (AvgIpc) is 2.15. The molecule has 0 bridgehead atoms. The standard InChI is InChI=1S/C6H11O3/c7-3-4-1-2-5(8)6(4)9/h2,4-9H,1,3H2. The number of rotatable bonds is 1. The fourth-order valence-electron chi connectivity index (χ4n) is 1.05. The maximum atomic E-state index is 9.02. The Morgan fingerprint density at radius 3 is 2.33 bits per heavy atom. The molecular formula is C6H11O3. The third-order valence-corrected chi connectivity index (χ3v) is 1.75. The molecule has 0 heterocycles. The zero-order chi connectivity index (χ0) is 6.85. The smallest absolute Gasteiger partial charge is 0.0852 e. The Bertz CT molecular complexity index is 94.3. The number of hydrogen-bond donors (Lipinski definition) is 3. The van der Waals surface area contributed by atoms with Gasteiger partial charge < -0.3 is 15.3 Å². The average molecular weight is 131 g/mol. The molecule has 0 amide bonds. The van der Waals surface area contributed by atoms with Crippen molar-refractivity contribution in [1.29, 1.82) is 0 Å². The van der Waals surface area contributed by atoms with Crippen LogP contribution in [-0.4, -0.2) is 34.1 Å². The summed E-state index contributed by atoms with van der Waals surface area (Å²) < 4.78 is 0. The molecule has 53 valence electrons. The SMILES string of the molecule is OCC1C[CH]C(O)C1O. The Morgan fingerprint density at radius 2 is 2.11 bits per heavy atom. The minimum Gasteiger partial charge on any atom is -0.396 e. The highest BCUT2D eigenvalue weighted by atomic mass is 16.3. The van der Waals surface area contributed by atoms with Crippen molar-refractivity contribution in [1.82, 2.24) is 0 Å². The van der Waals surface area contributed by atoms with Crippen molar-refractivity contribution >= 4 is 0 Å². The molecule has 0 aromatic rings. The fraction of sp³-hybridized carbons (Fsp3) is 0.833. The van der Waals surface area contributed by atoms with Gasteiger partial charge in [0, 0.05) is 12.5 Å². The first-order valence-corrected chi connectivity index (χ1v) is 3.06. The van der Waals surface area contributed by atoms with Crippen LogP contribution in [0, 0.1) is 12.3 Å². The first kappa shape index (κ1) is 6.99. The zero-order valence-corrected chi connectivity index (χ0v) is 5.07. The molecule has 1 saturated carbocycles. The first-order chi connectivity index (χ1) is 4.25. The van der Waals surface area contributed by atoms with Crippen LogP contribution in [-0.2, 0) is 0 Å². The van der Waals surface area contributed by atoms with Crippen LogP contribution in [0.5, 0.6) is 0 Å². The van der Waals surface area contributed by atoms with E-state index in [0.29, 0.717) is 6.42 Å². The van der Waals surface area contributed by atoms with Crippen molar-refractivity contribution in [2.45, 2.75) is 18.6 Å². The Labute approximate surface area is 53.9 Å². The van der Waals surface area contributed by atoms with E-state index in [2.05, 4.69) is 0 Å². The summed E-state index contributed by atoms with van der Waals surface area (Å²) in [5.41, 5.74) is 0. The summed E-state index contributed by atoms with van der Waals surface area (Å²) >= 11 is 0. The highest BCUT2D eigenvalue weighted by molar-refractivity contribution is 4.95. The van der Waals surface area contributed by atoms with Crippen molar-refractivity contribution in [2.75, 3.05) is 6.61 Å². The number of aliphatic hydroxyl groups excluding tert-OH is 3. The maximum absolute atomic E-state index is 9.02. The summed E-state index contributed by atoms with van der Waals surface area (Å²) in [7, 11) is 0. The lowest BCUT2D eigenvalue weighted by Gasteiger charge is -2.12. The summed E-state index contributed by atoms with van der Waals surface area (Å²) in [5.74, 6) is -0.153. The van der Waals surface area contributed by atoms with E-state index in [1.807, 2.05) is 0 Å². The monoisotopic (exact) mass is 131 g/mol. The second-order valence-electron chi connectivity index (χ2n) is 2.40. The van der Waals surface area contributed by atoms with Crippen molar-refractivity contribution in [2.24, 2.45) is 5.92 Å². The van der Waals surface area contributed by atoms with Gasteiger partial charge in [-0.1, -0.05) is 0 Å². The molecular weight excluding hydrogens is 120 g/mol. The Hall–Kier alpha value is -0.120. The van der Waals surface area contributed by atoms with Gasteiger partial charge >= 0.3 is 0 Å². The van der Waals surface area contributed by atoms with Crippen LogP contribution in [0.15, 0.2) is 0 Å². The van der Waals surface area contributed by atoms with Crippen molar-refractivity contribution < 1.29 is 15.3 Å². The fourth-order valence-corrected chi connectivity index (χ4v) is 1.05. The summed E-state index contributed by atoms with van der Waals surface area (Å²) in [4.78, 5) is 0. The van der Waals surface area contributed by atoms with Gasteiger partial charge in [0.25, 0.3) is 0 Å². The third kappa shape index (κ3) is 1.23. The van der Waals surface area contributed by atoms with Crippen molar-refractivity contribution in [3.63, 3.8) is 0 Å². The van der Waals surface area contributed by atoms with E-state index in [-0.39, 0.29) is 12.5 Å². The minimum atomic E-state index is -0.755. The maximum Gasteiger partial charge on any atom is 0.0852 e. The van der Waals surface area contributed by atoms with Crippen LogP contribution in [0.2, 0.25) is 0 Å². The summed E-state index contributed by atoms with van der Waals surface area (Å²) in [5, 5.41) is 26.5. The molecule has 1 aliphatic carbocycles. The van der Waals surface area contributed by atoms with Crippen LogP contribution in [0.3, 0.4) is 0 Å². The largest absolute Gasteiger partial charge is 0.396 e. The van der Waals surface area contributed by atoms with E-state index < -0.39 is 12.2 Å². The highest BCUT2D eigenvalue weighted by Gasteiger charge is 2.32. The predicted octanol–water partition coefficient (Wildman–Crippen LogP) is -1.08. The Kier molecular flexibility index (Phi) is 2.05. The first-order valence-electron chi connectivity index (χ1n) is 3.06. The number of aliphatic hydroxyl groups is 3. The molecule has 3 heteroatoms. The van der Waals surface area contributed by atoms with E-state index in [0.717, 1.165) is 0 Å². The van der Waals surface area contributed by atoms with Crippen LogP contribution in [0.4, 0.5) is 0 Å². The van der Waals surface area contributed by atoms with E-state index in [1.54, 1.807) is 6.42 Å². The lowest BCUT2D eigenvalue weighted by Crippen LogP contribution is -2.26. The molecule has 1 rings (SSSR count).